The maximum atomic E-state index is 12.9. The summed E-state index contributed by atoms with van der Waals surface area (Å²) in [5.74, 6) is -1.94. The van der Waals surface area contributed by atoms with E-state index < -0.39 is 16.7 Å². The van der Waals surface area contributed by atoms with Crippen LogP contribution in [0, 0.1) is 11.6 Å². The fourth-order valence-electron chi connectivity index (χ4n) is 0.688. The molecule has 1 aromatic carbocycles. The van der Waals surface area contributed by atoms with Gasteiger partial charge in [0.25, 0.3) is 0 Å². The second kappa shape index (κ2) is 3.49. The topological polar surface area (TPSA) is 17.1 Å². The highest BCUT2D eigenvalue weighted by molar-refractivity contribution is 9.10. The van der Waals surface area contributed by atoms with Crippen molar-refractivity contribution in [2.45, 2.75) is 0 Å². The molecule has 12 heavy (non-hydrogen) atoms. The number of hydrogen-bond acceptors (Lipinski definition) is 1. The van der Waals surface area contributed by atoms with Gasteiger partial charge in [-0.15, -0.1) is 0 Å². The van der Waals surface area contributed by atoms with Gasteiger partial charge >= 0.3 is 0 Å². The summed E-state index contributed by atoms with van der Waals surface area (Å²) < 4.78 is 25.6. The minimum atomic E-state index is -1.04. The third-order valence-electron chi connectivity index (χ3n) is 1.27. The monoisotopic (exact) mass is 254 g/mol. The molecule has 0 spiro atoms. The Bertz CT molecular complexity index is 341. The molecule has 0 amide bonds. The molecular formula is C7H2BrClF2O. The van der Waals surface area contributed by atoms with Crippen LogP contribution in [-0.2, 0) is 0 Å². The van der Waals surface area contributed by atoms with Gasteiger partial charge < -0.3 is 0 Å². The maximum Gasteiger partial charge on any atom is 0.156 e. The Kier molecular flexibility index (Phi) is 2.80. The zero-order chi connectivity index (χ0) is 9.30. The zero-order valence-electron chi connectivity index (χ0n) is 5.57. The van der Waals surface area contributed by atoms with Gasteiger partial charge in [-0.3, -0.25) is 4.79 Å². The molecule has 5 heteroatoms. The lowest BCUT2D eigenvalue weighted by Crippen LogP contribution is -1.93. The van der Waals surface area contributed by atoms with Crippen LogP contribution in [0.2, 0.25) is 5.02 Å². The molecule has 1 rings (SSSR count). The first-order valence-corrected chi connectivity index (χ1v) is 4.03. The van der Waals surface area contributed by atoms with Gasteiger partial charge in [-0.1, -0.05) is 11.6 Å². The van der Waals surface area contributed by atoms with Crippen molar-refractivity contribution in [3.8, 4) is 0 Å². The van der Waals surface area contributed by atoms with Crippen LogP contribution in [0.25, 0.3) is 0 Å². The van der Waals surface area contributed by atoms with E-state index in [1.165, 1.54) is 0 Å². The van der Waals surface area contributed by atoms with Gasteiger partial charge in [0.1, 0.15) is 10.8 Å². The highest BCUT2D eigenvalue weighted by atomic mass is 79.9. The van der Waals surface area contributed by atoms with Gasteiger partial charge in [0, 0.05) is 4.47 Å². The van der Waals surface area contributed by atoms with E-state index in [9.17, 15) is 13.6 Å². The normalized spacial score (nSPS) is 10.0. The number of rotatable bonds is 1. The van der Waals surface area contributed by atoms with Crippen LogP contribution in [0.1, 0.15) is 10.4 Å². The number of carbonyl (C=O) groups excluding carboxylic acids is 1. The van der Waals surface area contributed by atoms with E-state index in [4.69, 9.17) is 11.6 Å². The van der Waals surface area contributed by atoms with Crippen molar-refractivity contribution in [2.24, 2.45) is 0 Å². The number of carbonyl (C=O) groups is 1. The highest BCUT2D eigenvalue weighted by Gasteiger charge is 2.14. The summed E-state index contributed by atoms with van der Waals surface area (Å²) in [6, 6.07) is 0.940. The summed E-state index contributed by atoms with van der Waals surface area (Å²) in [6.07, 6.45) is 0.269. The molecule has 0 saturated carbocycles. The van der Waals surface area contributed by atoms with Crippen LogP contribution in [-0.4, -0.2) is 6.29 Å². The molecule has 0 radical (unpaired) electrons. The third-order valence-corrected chi connectivity index (χ3v) is 2.27. The van der Waals surface area contributed by atoms with Gasteiger partial charge in [-0.25, -0.2) is 8.78 Å². The molecule has 0 heterocycles. The van der Waals surface area contributed by atoms with E-state index >= 15 is 0 Å². The quantitative estimate of drug-likeness (QED) is 0.428. The number of benzene rings is 1. The van der Waals surface area contributed by atoms with E-state index in [-0.39, 0.29) is 16.3 Å². The molecule has 0 bridgehead atoms. The lowest BCUT2D eigenvalue weighted by atomic mass is 10.2. The second-order valence-corrected chi connectivity index (χ2v) is 3.23. The average molecular weight is 255 g/mol. The SMILES string of the molecule is O=Cc1c(Br)cc(F)c(Cl)c1F. The van der Waals surface area contributed by atoms with Gasteiger partial charge in [0.05, 0.1) is 5.56 Å². The first kappa shape index (κ1) is 9.61. The Morgan fingerprint density at radius 3 is 2.58 bits per heavy atom. The van der Waals surface area contributed by atoms with Crippen molar-refractivity contribution in [3.63, 3.8) is 0 Å². The van der Waals surface area contributed by atoms with Crippen LogP contribution in [0.15, 0.2) is 10.5 Å². The molecule has 0 saturated heterocycles. The molecule has 0 aliphatic carbocycles. The Balaban J connectivity index is 3.51. The molecule has 1 nitrogen and oxygen atoms in total. The molecule has 0 N–H and O–H groups in total. The van der Waals surface area contributed by atoms with E-state index in [2.05, 4.69) is 15.9 Å². The first-order chi connectivity index (χ1) is 5.57. The molecule has 0 unspecified atom stereocenters. The van der Waals surface area contributed by atoms with Crippen LogP contribution in [0.4, 0.5) is 8.78 Å². The Morgan fingerprint density at radius 2 is 2.08 bits per heavy atom. The minimum Gasteiger partial charge on any atom is -0.298 e. The minimum absolute atomic E-state index is 0.0527. The molecule has 0 aromatic heterocycles. The molecule has 1 aromatic rings. The lowest BCUT2D eigenvalue weighted by Gasteiger charge is -2.01. The van der Waals surface area contributed by atoms with Crippen molar-refractivity contribution in [3.05, 3.63) is 32.8 Å². The molecule has 64 valence electrons. The van der Waals surface area contributed by atoms with Gasteiger partial charge in [0.2, 0.25) is 0 Å². The fourth-order valence-corrected chi connectivity index (χ4v) is 1.31. The zero-order valence-corrected chi connectivity index (χ0v) is 7.92. The highest BCUT2D eigenvalue weighted by Crippen LogP contribution is 2.27. The van der Waals surface area contributed by atoms with Gasteiger partial charge in [-0.05, 0) is 22.0 Å². The summed E-state index contributed by atoms with van der Waals surface area (Å²) >= 11 is 8.03. The number of aldehydes is 1. The fraction of sp³-hybridized carbons (Fsp3) is 0. The predicted molar refractivity (Wildman–Crippen MR) is 44.5 cm³/mol. The molecule has 0 aliphatic heterocycles. The van der Waals surface area contributed by atoms with Crippen LogP contribution in [0.3, 0.4) is 0 Å². The number of halogens is 4. The average Bonchev–Trinajstić information content (AvgIpc) is 2.01. The summed E-state index contributed by atoms with van der Waals surface area (Å²) in [7, 11) is 0. The standard InChI is InChI=1S/C7H2BrClF2O/c8-4-1-5(10)6(9)7(11)3(4)2-12/h1-2H. The van der Waals surface area contributed by atoms with Gasteiger partial charge in [0.15, 0.2) is 12.1 Å². The Labute approximate surface area is 80.5 Å². The maximum absolute atomic E-state index is 12.9. The lowest BCUT2D eigenvalue weighted by molar-refractivity contribution is 0.111. The molecular weight excluding hydrogens is 253 g/mol. The first-order valence-electron chi connectivity index (χ1n) is 2.86. The summed E-state index contributed by atoms with van der Waals surface area (Å²) in [4.78, 5) is 10.3. The molecule has 0 atom stereocenters. The smallest absolute Gasteiger partial charge is 0.156 e. The van der Waals surface area contributed by atoms with E-state index in [0.717, 1.165) is 6.07 Å². The van der Waals surface area contributed by atoms with Crippen molar-refractivity contribution in [1.82, 2.24) is 0 Å². The van der Waals surface area contributed by atoms with Crippen molar-refractivity contribution in [1.29, 1.82) is 0 Å². The van der Waals surface area contributed by atoms with Crippen LogP contribution < -0.4 is 0 Å². The van der Waals surface area contributed by atoms with E-state index in [1.807, 2.05) is 0 Å². The largest absolute Gasteiger partial charge is 0.298 e. The van der Waals surface area contributed by atoms with Crippen LogP contribution in [0.5, 0.6) is 0 Å². The van der Waals surface area contributed by atoms with Crippen molar-refractivity contribution < 1.29 is 13.6 Å². The summed E-state index contributed by atoms with van der Waals surface area (Å²) in [5, 5.41) is -0.666. The van der Waals surface area contributed by atoms with E-state index in [1.54, 1.807) is 0 Å². The van der Waals surface area contributed by atoms with Crippen molar-refractivity contribution in [2.75, 3.05) is 0 Å². The van der Waals surface area contributed by atoms with Crippen molar-refractivity contribution >= 4 is 33.8 Å². The Morgan fingerprint density at radius 1 is 1.50 bits per heavy atom. The summed E-state index contributed by atoms with van der Waals surface area (Å²) in [5.41, 5.74) is -0.276. The van der Waals surface area contributed by atoms with Gasteiger partial charge in [-0.2, -0.15) is 0 Å². The third kappa shape index (κ3) is 1.49. The second-order valence-electron chi connectivity index (χ2n) is 2.00. The molecule has 0 aliphatic rings. The van der Waals surface area contributed by atoms with E-state index in [0.29, 0.717) is 0 Å². The van der Waals surface area contributed by atoms with Crippen LogP contribution >= 0.6 is 27.5 Å². The summed E-state index contributed by atoms with van der Waals surface area (Å²) in [6.45, 7) is 0. The predicted octanol–water partition coefficient (Wildman–Crippen LogP) is 3.19. The number of hydrogen-bond donors (Lipinski definition) is 0. The Hall–Kier alpha value is -0.480. The molecule has 0 fully saturated rings.